The molecule has 1 rings (SSSR count). The molecule has 0 fully saturated rings. The lowest BCUT2D eigenvalue weighted by atomic mass is 10.2. The molecule has 0 aliphatic carbocycles. The summed E-state index contributed by atoms with van der Waals surface area (Å²) in [7, 11) is 0. The minimum atomic E-state index is -1.53. The number of hydrogen-bond donors (Lipinski definition) is 3. The molecule has 1 atom stereocenters. The number of hydrogen-bond acceptors (Lipinski definition) is 4. The van der Waals surface area contributed by atoms with Gasteiger partial charge in [0.25, 0.3) is 0 Å². The zero-order valence-electron chi connectivity index (χ0n) is 10.3. The highest BCUT2D eigenvalue weighted by Crippen LogP contribution is 2.21. The number of carboxylic acid groups (broad SMARTS) is 1. The fourth-order valence-electron chi connectivity index (χ4n) is 1.26. The van der Waals surface area contributed by atoms with Crippen molar-refractivity contribution in [3.05, 3.63) is 29.8 Å². The number of carbonyl (C=O) groups excluding carboxylic acids is 1. The maximum Gasteiger partial charge on any atom is 0.332 e. The Labute approximate surface area is 118 Å². The quantitative estimate of drug-likeness (QED) is 0.655. The van der Waals surface area contributed by atoms with Crippen LogP contribution in [0.3, 0.4) is 0 Å². The Morgan fingerprint density at radius 1 is 1.35 bits per heavy atom. The van der Waals surface area contributed by atoms with E-state index in [1.807, 2.05) is 0 Å². The molecular formula is C12H13F2NO4S. The van der Waals surface area contributed by atoms with Gasteiger partial charge in [-0.3, -0.25) is 4.79 Å². The van der Waals surface area contributed by atoms with Gasteiger partial charge >= 0.3 is 5.97 Å². The van der Waals surface area contributed by atoms with Crippen molar-refractivity contribution in [2.45, 2.75) is 17.4 Å². The SMILES string of the molecule is O=C(CSc1ccc(F)cc1F)NCCC(O)C(=O)O. The van der Waals surface area contributed by atoms with Crippen LogP contribution >= 0.6 is 11.8 Å². The van der Waals surface area contributed by atoms with Gasteiger partial charge in [-0.1, -0.05) is 0 Å². The summed E-state index contributed by atoms with van der Waals surface area (Å²) in [6.07, 6.45) is -1.64. The number of nitrogens with one attached hydrogen (secondary N) is 1. The molecular weight excluding hydrogens is 292 g/mol. The van der Waals surface area contributed by atoms with Gasteiger partial charge in [-0.05, 0) is 12.1 Å². The number of thioether (sulfide) groups is 1. The van der Waals surface area contributed by atoms with Gasteiger partial charge in [-0.25, -0.2) is 13.6 Å². The first-order chi connectivity index (χ1) is 9.40. The number of halogens is 2. The van der Waals surface area contributed by atoms with Crippen LogP contribution in [0.15, 0.2) is 23.1 Å². The summed E-state index contributed by atoms with van der Waals surface area (Å²) in [6.45, 7) is -0.00123. The van der Waals surface area contributed by atoms with E-state index in [0.29, 0.717) is 0 Å². The first-order valence-electron chi connectivity index (χ1n) is 5.65. The molecule has 0 saturated heterocycles. The molecule has 5 nitrogen and oxygen atoms in total. The van der Waals surface area contributed by atoms with Crippen LogP contribution < -0.4 is 5.32 Å². The molecule has 1 unspecified atom stereocenters. The van der Waals surface area contributed by atoms with Crippen LogP contribution in [-0.4, -0.2) is 40.5 Å². The maximum absolute atomic E-state index is 13.3. The van der Waals surface area contributed by atoms with Gasteiger partial charge in [0.05, 0.1) is 5.75 Å². The second kappa shape index (κ2) is 7.81. The van der Waals surface area contributed by atoms with Crippen molar-refractivity contribution in [1.82, 2.24) is 5.32 Å². The standard InChI is InChI=1S/C12H13F2NO4S/c13-7-1-2-10(8(14)5-7)20-6-11(17)15-4-3-9(16)12(18)19/h1-2,5,9,16H,3-4,6H2,(H,15,17)(H,18,19). The fourth-order valence-corrected chi connectivity index (χ4v) is 2.01. The van der Waals surface area contributed by atoms with E-state index in [4.69, 9.17) is 10.2 Å². The van der Waals surface area contributed by atoms with E-state index < -0.39 is 29.6 Å². The molecule has 20 heavy (non-hydrogen) atoms. The molecule has 0 saturated carbocycles. The number of aliphatic hydroxyl groups excluding tert-OH is 1. The van der Waals surface area contributed by atoms with Crippen LogP contribution in [0.1, 0.15) is 6.42 Å². The zero-order valence-corrected chi connectivity index (χ0v) is 11.1. The number of aliphatic hydroxyl groups is 1. The topological polar surface area (TPSA) is 86.6 Å². The van der Waals surface area contributed by atoms with Crippen LogP contribution in [0, 0.1) is 11.6 Å². The normalized spacial score (nSPS) is 11.9. The van der Waals surface area contributed by atoms with E-state index in [2.05, 4.69) is 5.32 Å². The van der Waals surface area contributed by atoms with Gasteiger partial charge in [-0.15, -0.1) is 11.8 Å². The summed E-state index contributed by atoms with van der Waals surface area (Å²) >= 11 is 0.896. The Morgan fingerprint density at radius 2 is 2.05 bits per heavy atom. The minimum Gasteiger partial charge on any atom is -0.479 e. The molecule has 3 N–H and O–H groups in total. The summed E-state index contributed by atoms with van der Waals surface area (Å²) in [4.78, 5) is 21.8. The first kappa shape index (κ1) is 16.4. The molecule has 110 valence electrons. The maximum atomic E-state index is 13.3. The molecule has 0 aliphatic rings. The average molecular weight is 305 g/mol. The number of rotatable bonds is 7. The van der Waals surface area contributed by atoms with E-state index in [0.717, 1.165) is 23.9 Å². The van der Waals surface area contributed by atoms with Crippen molar-refractivity contribution >= 4 is 23.6 Å². The van der Waals surface area contributed by atoms with E-state index in [-0.39, 0.29) is 23.6 Å². The summed E-state index contributed by atoms with van der Waals surface area (Å²) in [5.41, 5.74) is 0. The number of benzene rings is 1. The smallest absolute Gasteiger partial charge is 0.332 e. The summed E-state index contributed by atoms with van der Waals surface area (Å²) in [5.74, 6) is -3.33. The summed E-state index contributed by atoms with van der Waals surface area (Å²) in [6, 6.07) is 3.05. The molecule has 0 radical (unpaired) electrons. The number of amides is 1. The third kappa shape index (κ3) is 5.54. The van der Waals surface area contributed by atoms with Crippen molar-refractivity contribution in [2.24, 2.45) is 0 Å². The van der Waals surface area contributed by atoms with E-state index >= 15 is 0 Å². The number of carbonyl (C=O) groups is 2. The highest BCUT2D eigenvalue weighted by molar-refractivity contribution is 8.00. The predicted molar refractivity (Wildman–Crippen MR) is 68.4 cm³/mol. The monoisotopic (exact) mass is 305 g/mol. The molecule has 0 heterocycles. The van der Waals surface area contributed by atoms with Crippen molar-refractivity contribution in [3.8, 4) is 0 Å². The van der Waals surface area contributed by atoms with Gasteiger partial charge in [0, 0.05) is 23.9 Å². The Kier molecular flexibility index (Phi) is 6.40. The average Bonchev–Trinajstić information content (AvgIpc) is 2.37. The third-order valence-corrected chi connectivity index (χ3v) is 3.33. The molecule has 1 amide bonds. The van der Waals surface area contributed by atoms with Crippen LogP contribution in [-0.2, 0) is 9.59 Å². The van der Waals surface area contributed by atoms with Crippen LogP contribution in [0.25, 0.3) is 0 Å². The third-order valence-electron chi connectivity index (χ3n) is 2.28. The number of carboxylic acids is 1. The molecule has 0 spiro atoms. The molecule has 0 aromatic heterocycles. The Balaban J connectivity index is 2.31. The van der Waals surface area contributed by atoms with E-state index in [1.54, 1.807) is 0 Å². The van der Waals surface area contributed by atoms with Crippen molar-refractivity contribution < 1.29 is 28.6 Å². The van der Waals surface area contributed by atoms with Crippen LogP contribution in [0.4, 0.5) is 8.78 Å². The summed E-state index contributed by atoms with van der Waals surface area (Å²) in [5, 5.41) is 19.8. The van der Waals surface area contributed by atoms with Crippen molar-refractivity contribution in [3.63, 3.8) is 0 Å². The Bertz CT molecular complexity index is 498. The lowest BCUT2D eigenvalue weighted by molar-refractivity contribution is -0.147. The molecule has 8 heteroatoms. The van der Waals surface area contributed by atoms with E-state index in [9.17, 15) is 18.4 Å². The summed E-state index contributed by atoms with van der Waals surface area (Å²) < 4.78 is 25.9. The predicted octanol–water partition coefficient (Wildman–Crippen LogP) is 1.01. The minimum absolute atomic E-state index is 0.00123. The van der Waals surface area contributed by atoms with Gasteiger partial charge in [0.1, 0.15) is 11.6 Å². The van der Waals surface area contributed by atoms with Gasteiger partial charge in [-0.2, -0.15) is 0 Å². The Hall–Kier alpha value is -1.67. The first-order valence-corrected chi connectivity index (χ1v) is 6.64. The molecule has 1 aromatic carbocycles. The van der Waals surface area contributed by atoms with Gasteiger partial charge < -0.3 is 15.5 Å². The lowest BCUT2D eigenvalue weighted by Gasteiger charge is -2.07. The van der Waals surface area contributed by atoms with Crippen molar-refractivity contribution in [2.75, 3.05) is 12.3 Å². The Morgan fingerprint density at radius 3 is 2.65 bits per heavy atom. The second-order valence-corrected chi connectivity index (χ2v) is 4.87. The largest absolute Gasteiger partial charge is 0.479 e. The second-order valence-electron chi connectivity index (χ2n) is 3.86. The van der Waals surface area contributed by atoms with Crippen LogP contribution in [0.5, 0.6) is 0 Å². The lowest BCUT2D eigenvalue weighted by Crippen LogP contribution is -2.31. The molecule has 0 aliphatic heterocycles. The van der Waals surface area contributed by atoms with Gasteiger partial charge in [0.15, 0.2) is 6.10 Å². The molecule has 1 aromatic rings. The van der Waals surface area contributed by atoms with Gasteiger partial charge in [0.2, 0.25) is 5.91 Å². The fraction of sp³-hybridized carbons (Fsp3) is 0.333. The van der Waals surface area contributed by atoms with E-state index in [1.165, 1.54) is 6.07 Å². The molecule has 0 bridgehead atoms. The highest BCUT2D eigenvalue weighted by Gasteiger charge is 2.13. The number of aliphatic carboxylic acids is 1. The highest BCUT2D eigenvalue weighted by atomic mass is 32.2. The zero-order chi connectivity index (χ0) is 15.1. The van der Waals surface area contributed by atoms with Crippen LogP contribution in [0.2, 0.25) is 0 Å². The van der Waals surface area contributed by atoms with Crippen molar-refractivity contribution in [1.29, 1.82) is 0 Å².